The third-order valence-electron chi connectivity index (χ3n) is 5.78. The zero-order valence-electron chi connectivity index (χ0n) is 20.4. The summed E-state index contributed by atoms with van der Waals surface area (Å²) in [4.78, 5) is 25.3. The summed E-state index contributed by atoms with van der Waals surface area (Å²) >= 11 is 0. The molecule has 8 heteroatoms. The Hall–Kier alpha value is -3.62. The fraction of sp³-hybridized carbons (Fsp3) is 0.357. The fourth-order valence-corrected chi connectivity index (χ4v) is 3.90. The average Bonchev–Trinajstić information content (AvgIpc) is 2.88. The zero-order chi connectivity index (χ0) is 26.1. The van der Waals surface area contributed by atoms with Crippen molar-refractivity contribution in [2.24, 2.45) is 0 Å². The lowest BCUT2D eigenvalue weighted by Gasteiger charge is -2.31. The lowest BCUT2D eigenvalue weighted by atomic mass is 9.73. The molecule has 0 bridgehead atoms. The Morgan fingerprint density at radius 1 is 0.694 bits per heavy atom. The summed E-state index contributed by atoms with van der Waals surface area (Å²) in [5, 5.41) is 20.6. The van der Waals surface area contributed by atoms with Gasteiger partial charge in [-0.1, -0.05) is 62.5 Å². The summed E-state index contributed by atoms with van der Waals surface area (Å²) < 4.78 is 21.8. The number of carbonyl (C=O) groups is 2. The van der Waals surface area contributed by atoms with E-state index < -0.39 is 29.6 Å². The minimum absolute atomic E-state index is 0.151. The maximum Gasteiger partial charge on any atom is 0.333 e. The monoisotopic (exact) mass is 496 g/mol. The number of ether oxygens (including phenoxy) is 4. The Morgan fingerprint density at radius 3 is 1.53 bits per heavy atom. The van der Waals surface area contributed by atoms with Gasteiger partial charge in [0.1, 0.15) is 38.6 Å². The number of rotatable bonds is 1. The maximum atomic E-state index is 12.7. The third kappa shape index (κ3) is 7.44. The fourth-order valence-electron chi connectivity index (χ4n) is 3.90. The largest absolute Gasteiger partial charge is 0.487 e. The molecule has 2 aromatic carbocycles. The van der Waals surface area contributed by atoms with Crippen molar-refractivity contribution in [3.05, 3.63) is 84.5 Å². The van der Waals surface area contributed by atoms with E-state index in [2.05, 4.69) is 13.2 Å². The molecular weight excluding hydrogens is 464 g/mol. The molecule has 3 rings (SSSR count). The average molecular weight is 497 g/mol. The predicted octanol–water partition coefficient (Wildman–Crippen LogP) is 3.12. The highest BCUT2D eigenvalue weighted by Gasteiger charge is 2.32. The van der Waals surface area contributed by atoms with Crippen molar-refractivity contribution in [2.45, 2.75) is 37.4 Å². The lowest BCUT2D eigenvalue weighted by molar-refractivity contribution is -0.143. The number of aliphatic hydroxyl groups is 2. The minimum atomic E-state index is -1.09. The molecule has 0 spiro atoms. The normalized spacial score (nSPS) is 25.1. The molecule has 2 unspecified atom stereocenters. The van der Waals surface area contributed by atoms with Gasteiger partial charge in [0, 0.05) is 16.6 Å². The van der Waals surface area contributed by atoms with Gasteiger partial charge in [-0.2, -0.15) is 0 Å². The van der Waals surface area contributed by atoms with Crippen molar-refractivity contribution in [2.75, 3.05) is 26.4 Å². The van der Waals surface area contributed by atoms with Crippen LogP contribution in [0.1, 0.15) is 25.3 Å². The molecule has 8 nitrogen and oxygen atoms in total. The van der Waals surface area contributed by atoms with E-state index in [1.165, 1.54) is 0 Å². The van der Waals surface area contributed by atoms with Crippen molar-refractivity contribution in [1.82, 2.24) is 0 Å². The maximum absolute atomic E-state index is 12.7. The van der Waals surface area contributed by atoms with Gasteiger partial charge in [-0.25, -0.2) is 9.59 Å². The van der Waals surface area contributed by atoms with Crippen LogP contribution in [0.3, 0.4) is 0 Å². The molecule has 1 aliphatic heterocycles. The Kier molecular flexibility index (Phi) is 9.27. The van der Waals surface area contributed by atoms with Crippen LogP contribution < -0.4 is 9.47 Å². The predicted molar refractivity (Wildman–Crippen MR) is 133 cm³/mol. The van der Waals surface area contributed by atoms with Gasteiger partial charge >= 0.3 is 11.9 Å². The number of carbonyl (C=O) groups excluding carboxylic acids is 2. The van der Waals surface area contributed by atoms with E-state index in [-0.39, 0.29) is 50.4 Å². The zero-order valence-corrected chi connectivity index (χ0v) is 20.4. The number of para-hydroxylation sites is 2. The standard InChI is InChI=1S/C28H32O8/c1-19-13-28(3,21-9-5-4-6-10-21)14-20(2)27(32)36-18-23(30)16-34-25-12-8-7-11-24(25)33-15-22(29)17-35-26(19)31/h4-12,22-23,29-30H,1-2,13-18H2,3H3. The highest BCUT2D eigenvalue weighted by molar-refractivity contribution is 5.89. The van der Waals surface area contributed by atoms with E-state index in [9.17, 15) is 19.8 Å². The van der Waals surface area contributed by atoms with Crippen LogP contribution in [0.2, 0.25) is 0 Å². The lowest BCUT2D eigenvalue weighted by Crippen LogP contribution is -2.30. The summed E-state index contributed by atoms with van der Waals surface area (Å²) in [6, 6.07) is 16.1. The molecule has 2 N–H and O–H groups in total. The van der Waals surface area contributed by atoms with Gasteiger partial charge in [0.25, 0.3) is 0 Å². The summed E-state index contributed by atoms with van der Waals surface area (Å²) in [5.74, 6) is -0.647. The Labute approximate surface area is 210 Å². The van der Waals surface area contributed by atoms with Gasteiger partial charge in [-0.3, -0.25) is 0 Å². The Morgan fingerprint density at radius 2 is 1.08 bits per heavy atom. The van der Waals surface area contributed by atoms with Crippen LogP contribution >= 0.6 is 0 Å². The Bertz CT molecular complexity index is 1010. The number of cyclic esters (lactones) is 2. The molecule has 0 radical (unpaired) electrons. The van der Waals surface area contributed by atoms with Crippen molar-refractivity contribution in [1.29, 1.82) is 0 Å². The van der Waals surface area contributed by atoms with Crippen molar-refractivity contribution < 1.29 is 38.7 Å². The Balaban J connectivity index is 1.82. The SMILES string of the molecule is C=C1CC(C)(c2ccccc2)CC(=C)C(=O)OCC(O)COc2ccccc2OCC(O)COC1=O. The second-order valence-electron chi connectivity index (χ2n) is 9.06. The van der Waals surface area contributed by atoms with Gasteiger partial charge in [0.2, 0.25) is 0 Å². The molecule has 0 aliphatic carbocycles. The van der Waals surface area contributed by atoms with E-state index >= 15 is 0 Å². The van der Waals surface area contributed by atoms with Gasteiger partial charge in [0.15, 0.2) is 11.5 Å². The van der Waals surface area contributed by atoms with Crippen LogP contribution in [0.4, 0.5) is 0 Å². The van der Waals surface area contributed by atoms with E-state index in [0.29, 0.717) is 11.5 Å². The third-order valence-corrected chi connectivity index (χ3v) is 5.78. The van der Waals surface area contributed by atoms with Crippen LogP contribution in [-0.2, 0) is 24.5 Å². The van der Waals surface area contributed by atoms with E-state index in [1.54, 1.807) is 24.3 Å². The van der Waals surface area contributed by atoms with E-state index in [4.69, 9.17) is 18.9 Å². The number of benzene rings is 2. The molecule has 192 valence electrons. The number of esters is 2. The smallest absolute Gasteiger partial charge is 0.333 e. The van der Waals surface area contributed by atoms with Gasteiger partial charge < -0.3 is 29.2 Å². The van der Waals surface area contributed by atoms with Gasteiger partial charge in [0.05, 0.1) is 0 Å². The summed E-state index contributed by atoms with van der Waals surface area (Å²) in [6.45, 7) is 8.78. The first-order valence-corrected chi connectivity index (χ1v) is 11.6. The van der Waals surface area contributed by atoms with Crippen molar-refractivity contribution in [3.8, 4) is 11.5 Å². The van der Waals surface area contributed by atoms with Crippen molar-refractivity contribution in [3.63, 3.8) is 0 Å². The van der Waals surface area contributed by atoms with Gasteiger partial charge in [-0.15, -0.1) is 0 Å². The summed E-state index contributed by atoms with van der Waals surface area (Å²) in [6.07, 6.45) is -1.82. The molecule has 2 aromatic rings. The van der Waals surface area contributed by atoms with Crippen molar-refractivity contribution >= 4 is 11.9 Å². The number of hydrogen-bond donors (Lipinski definition) is 2. The van der Waals surface area contributed by atoms with E-state index in [0.717, 1.165) is 5.56 Å². The molecule has 0 saturated heterocycles. The van der Waals surface area contributed by atoms with Crippen LogP contribution in [0, 0.1) is 0 Å². The second-order valence-corrected chi connectivity index (χ2v) is 9.06. The molecule has 0 aromatic heterocycles. The topological polar surface area (TPSA) is 112 Å². The number of fused-ring (bicyclic) bond motifs is 1. The number of hydrogen-bond acceptors (Lipinski definition) is 8. The molecular formula is C28H32O8. The molecule has 36 heavy (non-hydrogen) atoms. The first-order chi connectivity index (χ1) is 17.2. The van der Waals surface area contributed by atoms with Gasteiger partial charge in [-0.05, 0) is 30.5 Å². The highest BCUT2D eigenvalue weighted by atomic mass is 16.6. The molecule has 2 atom stereocenters. The second kappa shape index (κ2) is 12.4. The molecule has 0 amide bonds. The first-order valence-electron chi connectivity index (χ1n) is 11.6. The van der Waals surface area contributed by atoms with E-state index in [1.807, 2.05) is 37.3 Å². The molecule has 0 saturated carbocycles. The summed E-state index contributed by atoms with van der Waals surface area (Å²) in [7, 11) is 0. The highest BCUT2D eigenvalue weighted by Crippen LogP contribution is 2.37. The first kappa shape index (κ1) is 27.0. The molecule has 1 heterocycles. The van der Waals surface area contributed by atoms with Crippen LogP contribution in [0.15, 0.2) is 78.9 Å². The molecule has 1 aliphatic rings. The molecule has 0 fully saturated rings. The van der Waals surface area contributed by atoms with Crippen LogP contribution in [0.5, 0.6) is 11.5 Å². The van der Waals surface area contributed by atoms with Crippen LogP contribution in [0.25, 0.3) is 0 Å². The summed E-state index contributed by atoms with van der Waals surface area (Å²) in [5.41, 5.74) is 0.519. The minimum Gasteiger partial charge on any atom is -0.487 e. The number of aliphatic hydroxyl groups excluding tert-OH is 2. The quantitative estimate of drug-likeness (QED) is 0.458. The van der Waals surface area contributed by atoms with Crippen LogP contribution in [-0.4, -0.2) is 60.8 Å².